The minimum atomic E-state index is -0.237. The summed E-state index contributed by atoms with van der Waals surface area (Å²) in [5, 5.41) is 3.49. The number of rotatable bonds is 3. The van der Waals surface area contributed by atoms with Gasteiger partial charge in [0, 0.05) is 36.6 Å². The van der Waals surface area contributed by atoms with Crippen LogP contribution in [0.25, 0.3) is 0 Å². The first-order valence-corrected chi connectivity index (χ1v) is 7.55. The Balaban J connectivity index is 1.83. The van der Waals surface area contributed by atoms with Gasteiger partial charge in [0.1, 0.15) is 17.7 Å². The molecule has 1 aromatic rings. The Hall–Kier alpha value is -1.13. The largest absolute Gasteiger partial charge is 0.490 e. The SMILES string of the molecule is CCNC1CC(C2CCCOC2)Oc2cc(F)ccc21. The second-order valence-corrected chi connectivity index (χ2v) is 5.66. The van der Waals surface area contributed by atoms with E-state index in [1.54, 1.807) is 0 Å². The van der Waals surface area contributed by atoms with Gasteiger partial charge in [0.25, 0.3) is 0 Å². The minimum Gasteiger partial charge on any atom is -0.490 e. The highest BCUT2D eigenvalue weighted by atomic mass is 19.1. The van der Waals surface area contributed by atoms with Crippen LogP contribution in [0.3, 0.4) is 0 Å². The normalized spacial score (nSPS) is 29.6. The van der Waals surface area contributed by atoms with Gasteiger partial charge in [-0.25, -0.2) is 4.39 Å². The van der Waals surface area contributed by atoms with Gasteiger partial charge in [-0.2, -0.15) is 0 Å². The maximum Gasteiger partial charge on any atom is 0.127 e. The predicted molar refractivity (Wildman–Crippen MR) is 75.4 cm³/mol. The second kappa shape index (κ2) is 6.10. The summed E-state index contributed by atoms with van der Waals surface area (Å²) in [5.41, 5.74) is 1.07. The van der Waals surface area contributed by atoms with E-state index < -0.39 is 0 Å². The van der Waals surface area contributed by atoms with Crippen LogP contribution >= 0.6 is 0 Å². The predicted octanol–water partition coefficient (Wildman–Crippen LogP) is 3.05. The molecule has 1 aromatic carbocycles. The highest BCUT2D eigenvalue weighted by molar-refractivity contribution is 5.38. The Bertz CT molecular complexity index is 460. The number of benzene rings is 1. The fourth-order valence-electron chi connectivity index (χ4n) is 3.26. The van der Waals surface area contributed by atoms with E-state index in [0.29, 0.717) is 11.7 Å². The van der Waals surface area contributed by atoms with Crippen molar-refractivity contribution in [2.45, 2.75) is 38.3 Å². The van der Waals surface area contributed by atoms with Gasteiger partial charge in [-0.1, -0.05) is 13.0 Å². The molecule has 20 heavy (non-hydrogen) atoms. The fraction of sp³-hybridized carbons (Fsp3) is 0.625. The van der Waals surface area contributed by atoms with Crippen molar-refractivity contribution in [3.63, 3.8) is 0 Å². The van der Waals surface area contributed by atoms with Crippen LogP contribution in [0.15, 0.2) is 18.2 Å². The Morgan fingerprint density at radius 1 is 1.40 bits per heavy atom. The van der Waals surface area contributed by atoms with Crippen LogP contribution in [0.5, 0.6) is 5.75 Å². The zero-order chi connectivity index (χ0) is 13.9. The van der Waals surface area contributed by atoms with Gasteiger partial charge < -0.3 is 14.8 Å². The number of fused-ring (bicyclic) bond motifs is 1. The van der Waals surface area contributed by atoms with Crippen molar-refractivity contribution in [3.05, 3.63) is 29.6 Å². The number of halogens is 1. The molecule has 3 unspecified atom stereocenters. The molecule has 2 heterocycles. The zero-order valence-electron chi connectivity index (χ0n) is 11.9. The Morgan fingerprint density at radius 2 is 2.30 bits per heavy atom. The third-order valence-corrected chi connectivity index (χ3v) is 4.27. The third kappa shape index (κ3) is 2.81. The van der Waals surface area contributed by atoms with Crippen LogP contribution < -0.4 is 10.1 Å². The molecule has 1 fully saturated rings. The smallest absolute Gasteiger partial charge is 0.127 e. The van der Waals surface area contributed by atoms with E-state index in [-0.39, 0.29) is 18.0 Å². The first-order chi connectivity index (χ1) is 9.78. The maximum atomic E-state index is 13.5. The molecule has 3 rings (SSSR count). The summed E-state index contributed by atoms with van der Waals surface area (Å²) in [6, 6.07) is 5.11. The van der Waals surface area contributed by atoms with Crippen LogP contribution in [0.4, 0.5) is 4.39 Å². The van der Waals surface area contributed by atoms with Gasteiger partial charge in [-0.05, 0) is 25.5 Å². The second-order valence-electron chi connectivity index (χ2n) is 5.66. The standard InChI is InChI=1S/C16H22FNO2/c1-2-18-14-9-15(11-4-3-7-19-10-11)20-16-8-12(17)5-6-13(14)16/h5-6,8,11,14-15,18H,2-4,7,9-10H2,1H3. The lowest BCUT2D eigenvalue weighted by atomic mass is 9.87. The summed E-state index contributed by atoms with van der Waals surface area (Å²) in [6.45, 7) is 4.60. The van der Waals surface area contributed by atoms with Crippen molar-refractivity contribution in [1.82, 2.24) is 5.32 Å². The van der Waals surface area contributed by atoms with Crippen molar-refractivity contribution in [2.24, 2.45) is 5.92 Å². The Labute approximate surface area is 119 Å². The quantitative estimate of drug-likeness (QED) is 0.922. The average Bonchev–Trinajstić information content (AvgIpc) is 2.48. The summed E-state index contributed by atoms with van der Waals surface area (Å²) in [5.74, 6) is 0.874. The topological polar surface area (TPSA) is 30.5 Å². The van der Waals surface area contributed by atoms with Crippen molar-refractivity contribution < 1.29 is 13.9 Å². The molecular weight excluding hydrogens is 257 g/mol. The molecule has 0 aliphatic carbocycles. The first kappa shape index (κ1) is 13.8. The highest BCUT2D eigenvalue weighted by Crippen LogP contribution is 2.38. The van der Waals surface area contributed by atoms with Gasteiger partial charge in [-0.3, -0.25) is 0 Å². The van der Waals surface area contributed by atoms with E-state index in [1.165, 1.54) is 12.1 Å². The van der Waals surface area contributed by atoms with E-state index >= 15 is 0 Å². The third-order valence-electron chi connectivity index (χ3n) is 4.27. The number of hydrogen-bond donors (Lipinski definition) is 1. The average molecular weight is 279 g/mol. The molecule has 0 bridgehead atoms. The van der Waals surface area contributed by atoms with Gasteiger partial charge in [0.15, 0.2) is 0 Å². The van der Waals surface area contributed by atoms with E-state index in [2.05, 4.69) is 12.2 Å². The molecular formula is C16H22FNO2. The monoisotopic (exact) mass is 279 g/mol. The summed E-state index contributed by atoms with van der Waals surface area (Å²) in [6.07, 6.45) is 3.27. The van der Waals surface area contributed by atoms with E-state index in [1.807, 2.05) is 6.07 Å². The molecule has 1 saturated heterocycles. The lowest BCUT2D eigenvalue weighted by Crippen LogP contribution is -2.40. The molecule has 0 amide bonds. The maximum absolute atomic E-state index is 13.5. The molecule has 3 nitrogen and oxygen atoms in total. The fourth-order valence-corrected chi connectivity index (χ4v) is 3.26. The Kier molecular flexibility index (Phi) is 4.22. The van der Waals surface area contributed by atoms with Crippen molar-refractivity contribution in [3.8, 4) is 5.75 Å². The molecule has 0 radical (unpaired) electrons. The van der Waals surface area contributed by atoms with Crippen LogP contribution in [0, 0.1) is 11.7 Å². The van der Waals surface area contributed by atoms with Crippen molar-refractivity contribution >= 4 is 0 Å². The lowest BCUT2D eigenvalue weighted by Gasteiger charge is -2.38. The molecule has 3 atom stereocenters. The van der Waals surface area contributed by atoms with Crippen LogP contribution in [0.1, 0.15) is 37.8 Å². The van der Waals surface area contributed by atoms with Crippen molar-refractivity contribution in [2.75, 3.05) is 19.8 Å². The van der Waals surface area contributed by atoms with Gasteiger partial charge in [0.2, 0.25) is 0 Å². The molecule has 1 N–H and O–H groups in total. The minimum absolute atomic E-state index is 0.119. The van der Waals surface area contributed by atoms with Gasteiger partial charge in [0.05, 0.1) is 6.61 Å². The van der Waals surface area contributed by atoms with Gasteiger partial charge in [-0.15, -0.1) is 0 Å². The van der Waals surface area contributed by atoms with Crippen LogP contribution in [0.2, 0.25) is 0 Å². The summed E-state index contributed by atoms with van der Waals surface area (Å²) < 4.78 is 25.1. The first-order valence-electron chi connectivity index (χ1n) is 7.55. The molecule has 2 aliphatic heterocycles. The van der Waals surface area contributed by atoms with Crippen LogP contribution in [-0.2, 0) is 4.74 Å². The number of hydrogen-bond acceptors (Lipinski definition) is 3. The van der Waals surface area contributed by atoms with Crippen LogP contribution in [-0.4, -0.2) is 25.9 Å². The molecule has 0 aromatic heterocycles. The molecule has 2 aliphatic rings. The molecule has 4 heteroatoms. The number of ether oxygens (including phenoxy) is 2. The van der Waals surface area contributed by atoms with E-state index in [9.17, 15) is 4.39 Å². The van der Waals surface area contributed by atoms with Crippen molar-refractivity contribution in [1.29, 1.82) is 0 Å². The van der Waals surface area contributed by atoms with Gasteiger partial charge >= 0.3 is 0 Å². The number of nitrogens with one attached hydrogen (secondary N) is 1. The molecule has 110 valence electrons. The molecule has 0 saturated carbocycles. The zero-order valence-corrected chi connectivity index (χ0v) is 11.9. The highest BCUT2D eigenvalue weighted by Gasteiger charge is 2.34. The summed E-state index contributed by atoms with van der Waals surface area (Å²) >= 11 is 0. The van der Waals surface area contributed by atoms with E-state index in [4.69, 9.17) is 9.47 Å². The summed E-state index contributed by atoms with van der Waals surface area (Å²) in [7, 11) is 0. The van der Waals surface area contributed by atoms with E-state index in [0.717, 1.165) is 44.6 Å². The molecule has 0 spiro atoms. The summed E-state index contributed by atoms with van der Waals surface area (Å²) in [4.78, 5) is 0. The lowest BCUT2D eigenvalue weighted by molar-refractivity contribution is -0.0111. The Morgan fingerprint density at radius 3 is 3.05 bits per heavy atom.